The Kier molecular flexibility index (Phi) is 5.72. The zero-order chi connectivity index (χ0) is 17.1. The summed E-state index contributed by atoms with van der Waals surface area (Å²) in [5.41, 5.74) is -0.0888. The maximum Gasteiger partial charge on any atom is 0.337 e. The molecule has 0 radical (unpaired) electrons. The molecule has 1 atom stereocenters. The van der Waals surface area contributed by atoms with Crippen molar-refractivity contribution in [2.75, 3.05) is 12.4 Å². The van der Waals surface area contributed by atoms with Crippen LogP contribution in [0.1, 0.15) is 38.1 Å². The quantitative estimate of drug-likeness (QED) is 0.681. The number of carbonyl (C=O) groups is 3. The predicted octanol–water partition coefficient (Wildman–Crippen LogP) is 3.32. The summed E-state index contributed by atoms with van der Waals surface area (Å²) in [6.45, 7) is 6.80. The van der Waals surface area contributed by atoms with Crippen LogP contribution in [0, 0.1) is 11.3 Å². The minimum atomic E-state index is -0.821. The summed E-state index contributed by atoms with van der Waals surface area (Å²) >= 11 is 6.01. The summed E-state index contributed by atoms with van der Waals surface area (Å²) in [5.74, 6) is -2.00. The first-order valence-corrected chi connectivity index (χ1v) is 7.18. The van der Waals surface area contributed by atoms with Crippen molar-refractivity contribution >= 4 is 34.9 Å². The van der Waals surface area contributed by atoms with E-state index in [0.29, 0.717) is 0 Å². The molecule has 22 heavy (non-hydrogen) atoms. The van der Waals surface area contributed by atoms with Crippen molar-refractivity contribution in [3.05, 3.63) is 28.8 Å². The predicted molar refractivity (Wildman–Crippen MR) is 85.0 cm³/mol. The topological polar surface area (TPSA) is 72.5 Å². The number of carbonyl (C=O) groups excluding carboxylic acids is 3. The summed E-state index contributed by atoms with van der Waals surface area (Å²) in [6.07, 6.45) is 0. The van der Waals surface area contributed by atoms with Gasteiger partial charge in [0.2, 0.25) is 5.91 Å². The number of esters is 1. The van der Waals surface area contributed by atoms with Gasteiger partial charge in [0, 0.05) is 5.41 Å². The Balaban J connectivity index is 2.97. The average Bonchev–Trinajstić information content (AvgIpc) is 2.45. The Labute approximate surface area is 135 Å². The molecule has 1 aromatic rings. The number of nitrogens with one attached hydrogen (secondary N) is 1. The van der Waals surface area contributed by atoms with Gasteiger partial charge in [0.15, 0.2) is 0 Å². The van der Waals surface area contributed by atoms with Crippen LogP contribution in [-0.4, -0.2) is 24.8 Å². The number of hydrogen-bond donors (Lipinski definition) is 1. The molecule has 1 amide bonds. The molecule has 0 aliphatic rings. The van der Waals surface area contributed by atoms with Crippen LogP contribution in [-0.2, 0) is 14.3 Å². The molecule has 0 aromatic heterocycles. The molecule has 0 saturated heterocycles. The third kappa shape index (κ3) is 4.31. The number of ketones is 1. The fourth-order valence-corrected chi connectivity index (χ4v) is 2.04. The van der Waals surface area contributed by atoms with Crippen LogP contribution in [0.15, 0.2) is 18.2 Å². The third-order valence-electron chi connectivity index (χ3n) is 3.17. The summed E-state index contributed by atoms with van der Waals surface area (Å²) in [7, 11) is 1.26. The SMILES string of the molecule is COC(=O)c1ccc(Cl)c(NC(=O)C(C)C(=O)C(C)(C)C)c1. The Morgan fingerprint density at radius 3 is 2.32 bits per heavy atom. The highest BCUT2D eigenvalue weighted by molar-refractivity contribution is 6.34. The standard InChI is InChI=1S/C16H20ClNO4/c1-9(13(19)16(2,3)4)14(20)18-12-8-10(15(21)22-5)6-7-11(12)17/h6-9H,1-5H3,(H,18,20). The highest BCUT2D eigenvalue weighted by atomic mass is 35.5. The summed E-state index contributed by atoms with van der Waals surface area (Å²) in [4.78, 5) is 35.8. The molecule has 5 nitrogen and oxygen atoms in total. The molecule has 0 aliphatic carbocycles. The van der Waals surface area contributed by atoms with Gasteiger partial charge in [-0.3, -0.25) is 9.59 Å². The van der Waals surface area contributed by atoms with E-state index in [4.69, 9.17) is 11.6 Å². The summed E-state index contributed by atoms with van der Waals surface area (Å²) in [5, 5.41) is 2.86. The van der Waals surface area contributed by atoms with E-state index in [9.17, 15) is 14.4 Å². The van der Waals surface area contributed by atoms with Crippen LogP contribution in [0.2, 0.25) is 5.02 Å². The number of methoxy groups -OCH3 is 1. The van der Waals surface area contributed by atoms with Crippen LogP contribution in [0.4, 0.5) is 5.69 Å². The van der Waals surface area contributed by atoms with E-state index in [1.165, 1.54) is 25.3 Å². The summed E-state index contributed by atoms with van der Waals surface area (Å²) < 4.78 is 4.62. The fraction of sp³-hybridized carbons (Fsp3) is 0.438. The van der Waals surface area contributed by atoms with Gasteiger partial charge < -0.3 is 10.1 Å². The second-order valence-corrected chi connectivity index (χ2v) is 6.42. The number of halogens is 1. The maximum atomic E-state index is 12.2. The molecule has 0 spiro atoms. The van der Waals surface area contributed by atoms with E-state index in [1.54, 1.807) is 27.7 Å². The average molecular weight is 326 g/mol. The molecule has 120 valence electrons. The highest BCUT2D eigenvalue weighted by Crippen LogP contribution is 2.26. The van der Waals surface area contributed by atoms with Crippen molar-refractivity contribution in [1.82, 2.24) is 0 Å². The second kappa shape index (κ2) is 6.92. The Bertz CT molecular complexity index is 605. The molecular formula is C16H20ClNO4. The minimum Gasteiger partial charge on any atom is -0.465 e. The Morgan fingerprint density at radius 1 is 1.23 bits per heavy atom. The fourth-order valence-electron chi connectivity index (χ4n) is 1.88. The lowest BCUT2D eigenvalue weighted by molar-refractivity contribution is -0.135. The van der Waals surface area contributed by atoms with Crippen molar-refractivity contribution in [3.63, 3.8) is 0 Å². The van der Waals surface area contributed by atoms with Crippen LogP contribution in [0.3, 0.4) is 0 Å². The molecule has 0 bridgehead atoms. The van der Waals surface area contributed by atoms with E-state index in [1.807, 2.05) is 0 Å². The minimum absolute atomic E-state index is 0.176. The number of benzene rings is 1. The zero-order valence-corrected chi connectivity index (χ0v) is 14.1. The lowest BCUT2D eigenvalue weighted by Crippen LogP contribution is -2.34. The number of ether oxygens (including phenoxy) is 1. The maximum absolute atomic E-state index is 12.2. The summed E-state index contributed by atoms with van der Waals surface area (Å²) in [6, 6.07) is 4.40. The van der Waals surface area contributed by atoms with Gasteiger partial charge >= 0.3 is 5.97 Å². The van der Waals surface area contributed by atoms with Crippen molar-refractivity contribution < 1.29 is 19.1 Å². The number of amides is 1. The molecule has 1 unspecified atom stereocenters. The zero-order valence-electron chi connectivity index (χ0n) is 13.3. The highest BCUT2D eigenvalue weighted by Gasteiger charge is 2.31. The van der Waals surface area contributed by atoms with Gasteiger partial charge in [0.25, 0.3) is 0 Å². The molecular weight excluding hydrogens is 306 g/mol. The second-order valence-electron chi connectivity index (χ2n) is 6.01. The van der Waals surface area contributed by atoms with Crippen LogP contribution in [0.5, 0.6) is 0 Å². The Morgan fingerprint density at radius 2 is 1.82 bits per heavy atom. The van der Waals surface area contributed by atoms with Crippen molar-refractivity contribution in [2.45, 2.75) is 27.7 Å². The normalized spacial score (nSPS) is 12.5. The first kappa shape index (κ1) is 18.2. The van der Waals surface area contributed by atoms with Gasteiger partial charge in [0.1, 0.15) is 5.78 Å². The molecule has 0 fully saturated rings. The third-order valence-corrected chi connectivity index (χ3v) is 3.50. The van der Waals surface area contributed by atoms with E-state index < -0.39 is 23.2 Å². The number of hydrogen-bond acceptors (Lipinski definition) is 4. The van der Waals surface area contributed by atoms with Crippen molar-refractivity contribution in [1.29, 1.82) is 0 Å². The molecule has 6 heteroatoms. The first-order chi connectivity index (χ1) is 10.1. The van der Waals surface area contributed by atoms with Gasteiger partial charge in [-0.25, -0.2) is 4.79 Å². The number of rotatable bonds is 4. The Hall–Kier alpha value is -1.88. The van der Waals surface area contributed by atoms with Crippen molar-refractivity contribution in [2.24, 2.45) is 11.3 Å². The van der Waals surface area contributed by atoms with Gasteiger partial charge in [0.05, 0.1) is 29.3 Å². The number of anilines is 1. The number of Topliss-reactive ketones (excluding diaryl/α,β-unsaturated/α-hetero) is 1. The molecule has 0 heterocycles. The molecule has 0 saturated carbocycles. The van der Waals surface area contributed by atoms with Gasteiger partial charge in [-0.05, 0) is 25.1 Å². The largest absolute Gasteiger partial charge is 0.465 e. The van der Waals surface area contributed by atoms with Crippen LogP contribution < -0.4 is 5.32 Å². The van der Waals surface area contributed by atoms with Gasteiger partial charge in [-0.1, -0.05) is 32.4 Å². The van der Waals surface area contributed by atoms with Crippen LogP contribution >= 0.6 is 11.6 Å². The molecule has 0 aliphatic heterocycles. The van der Waals surface area contributed by atoms with Gasteiger partial charge in [-0.2, -0.15) is 0 Å². The molecule has 1 N–H and O–H groups in total. The van der Waals surface area contributed by atoms with E-state index in [0.717, 1.165) is 0 Å². The van der Waals surface area contributed by atoms with Crippen LogP contribution in [0.25, 0.3) is 0 Å². The van der Waals surface area contributed by atoms with E-state index in [2.05, 4.69) is 10.1 Å². The monoisotopic (exact) mass is 325 g/mol. The van der Waals surface area contributed by atoms with Crippen molar-refractivity contribution in [3.8, 4) is 0 Å². The van der Waals surface area contributed by atoms with E-state index >= 15 is 0 Å². The lowest BCUT2D eigenvalue weighted by Gasteiger charge is -2.21. The molecule has 1 aromatic carbocycles. The smallest absolute Gasteiger partial charge is 0.337 e. The lowest BCUT2D eigenvalue weighted by atomic mass is 9.83. The van der Waals surface area contributed by atoms with E-state index in [-0.39, 0.29) is 22.1 Å². The molecule has 1 rings (SSSR count). The van der Waals surface area contributed by atoms with Gasteiger partial charge in [-0.15, -0.1) is 0 Å². The first-order valence-electron chi connectivity index (χ1n) is 6.81.